The molecule has 0 saturated heterocycles. The highest BCUT2D eigenvalue weighted by Crippen LogP contribution is 2.30. The lowest BCUT2D eigenvalue weighted by Gasteiger charge is -2.17. The van der Waals surface area contributed by atoms with Crippen molar-refractivity contribution >= 4 is 49.9 Å². The number of amides is 2. The molecular formula is C19H14BrN3O2S. The summed E-state index contributed by atoms with van der Waals surface area (Å²) >= 11 is 4.75. The van der Waals surface area contributed by atoms with Crippen LogP contribution in [-0.4, -0.2) is 16.8 Å². The molecule has 0 saturated carbocycles. The van der Waals surface area contributed by atoms with Crippen LogP contribution in [0.25, 0.3) is 11.3 Å². The predicted octanol–water partition coefficient (Wildman–Crippen LogP) is 4.71. The highest BCUT2D eigenvalue weighted by molar-refractivity contribution is 9.10. The normalized spacial score (nSPS) is 13.0. The maximum atomic E-state index is 12.3. The van der Waals surface area contributed by atoms with Crippen LogP contribution in [0.5, 0.6) is 0 Å². The number of anilines is 2. The Kier molecular flexibility index (Phi) is 4.57. The zero-order chi connectivity index (χ0) is 18.1. The molecule has 2 N–H and O–H groups in total. The maximum Gasteiger partial charge on any atom is 0.257 e. The van der Waals surface area contributed by atoms with Gasteiger partial charge in [-0.2, -0.15) is 0 Å². The van der Waals surface area contributed by atoms with Gasteiger partial charge >= 0.3 is 0 Å². The van der Waals surface area contributed by atoms with Crippen molar-refractivity contribution in [1.29, 1.82) is 0 Å². The summed E-state index contributed by atoms with van der Waals surface area (Å²) in [6.45, 7) is 0. The summed E-state index contributed by atoms with van der Waals surface area (Å²) in [5, 5.41) is 8.18. The molecule has 0 radical (unpaired) electrons. The van der Waals surface area contributed by atoms with Gasteiger partial charge in [-0.15, -0.1) is 11.3 Å². The average molecular weight is 428 g/mol. The van der Waals surface area contributed by atoms with E-state index in [2.05, 4.69) is 31.5 Å². The molecule has 1 aliphatic heterocycles. The van der Waals surface area contributed by atoms with Crippen LogP contribution in [0.1, 0.15) is 22.3 Å². The number of rotatable bonds is 3. The van der Waals surface area contributed by atoms with E-state index in [1.807, 2.05) is 35.7 Å². The molecule has 4 rings (SSSR count). The van der Waals surface area contributed by atoms with Gasteiger partial charge in [-0.25, -0.2) is 4.98 Å². The first-order valence-corrected chi connectivity index (χ1v) is 9.71. The van der Waals surface area contributed by atoms with Crippen molar-refractivity contribution in [2.45, 2.75) is 12.8 Å². The second-order valence-electron chi connectivity index (χ2n) is 5.92. The van der Waals surface area contributed by atoms with Crippen molar-refractivity contribution < 1.29 is 9.59 Å². The quantitative estimate of drug-likeness (QED) is 0.635. The molecule has 5 nitrogen and oxygen atoms in total. The average Bonchev–Trinajstić information content (AvgIpc) is 3.09. The van der Waals surface area contributed by atoms with Gasteiger partial charge < -0.3 is 5.32 Å². The fraction of sp³-hybridized carbons (Fsp3) is 0.105. The van der Waals surface area contributed by atoms with Gasteiger partial charge in [0, 0.05) is 33.1 Å². The van der Waals surface area contributed by atoms with Gasteiger partial charge in [0.2, 0.25) is 5.91 Å². The monoisotopic (exact) mass is 427 g/mol. The summed E-state index contributed by atoms with van der Waals surface area (Å²) < 4.78 is 0.853. The molecule has 0 bridgehead atoms. The molecule has 0 aliphatic carbocycles. The van der Waals surface area contributed by atoms with E-state index >= 15 is 0 Å². The van der Waals surface area contributed by atoms with Crippen molar-refractivity contribution in [1.82, 2.24) is 4.98 Å². The lowest BCUT2D eigenvalue weighted by Crippen LogP contribution is -2.18. The van der Waals surface area contributed by atoms with Crippen LogP contribution in [0, 0.1) is 0 Å². The molecular weight excluding hydrogens is 414 g/mol. The third kappa shape index (κ3) is 3.54. The molecule has 2 aromatic carbocycles. The van der Waals surface area contributed by atoms with E-state index in [0.29, 0.717) is 17.1 Å². The number of nitrogens with zero attached hydrogens (tertiary/aromatic N) is 1. The van der Waals surface area contributed by atoms with Gasteiger partial charge in [0.15, 0.2) is 5.13 Å². The van der Waals surface area contributed by atoms with Crippen LogP contribution in [0.3, 0.4) is 0 Å². The fourth-order valence-corrected chi connectivity index (χ4v) is 3.92. The maximum absolute atomic E-state index is 12.3. The first kappa shape index (κ1) is 16.9. The van der Waals surface area contributed by atoms with Crippen molar-refractivity contribution in [2.24, 2.45) is 0 Å². The largest absolute Gasteiger partial charge is 0.326 e. The van der Waals surface area contributed by atoms with Crippen molar-refractivity contribution in [3.8, 4) is 11.3 Å². The highest BCUT2D eigenvalue weighted by atomic mass is 79.9. The summed E-state index contributed by atoms with van der Waals surface area (Å²) in [4.78, 5) is 28.3. The van der Waals surface area contributed by atoms with E-state index in [9.17, 15) is 9.59 Å². The number of carbonyl (C=O) groups is 2. The van der Waals surface area contributed by atoms with Crippen LogP contribution < -0.4 is 10.6 Å². The Morgan fingerprint density at radius 1 is 1.19 bits per heavy atom. The van der Waals surface area contributed by atoms with Crippen LogP contribution in [-0.2, 0) is 11.2 Å². The predicted molar refractivity (Wildman–Crippen MR) is 107 cm³/mol. The third-order valence-corrected chi connectivity index (χ3v) is 5.36. The zero-order valence-electron chi connectivity index (χ0n) is 13.6. The minimum Gasteiger partial charge on any atom is -0.326 e. The van der Waals surface area contributed by atoms with Gasteiger partial charge in [-0.3, -0.25) is 14.9 Å². The molecule has 0 spiro atoms. The number of thiazole rings is 1. The molecule has 0 fully saturated rings. The standard InChI is InChI=1S/C19H14BrN3O2S/c20-14-3-1-2-13(9-14)18(25)23-19-22-16(10-26-19)12-4-6-15-11(8-12)5-7-17(24)21-15/h1-4,6,8-10H,5,7H2,(H,21,24)(H,22,23,25). The summed E-state index contributed by atoms with van der Waals surface area (Å²) in [6.07, 6.45) is 1.23. The van der Waals surface area contributed by atoms with E-state index in [1.165, 1.54) is 11.3 Å². The lowest BCUT2D eigenvalue weighted by atomic mass is 9.99. The van der Waals surface area contributed by atoms with E-state index in [4.69, 9.17) is 0 Å². The van der Waals surface area contributed by atoms with Gasteiger partial charge in [0.25, 0.3) is 5.91 Å². The molecule has 7 heteroatoms. The SMILES string of the molecule is O=C1CCc2cc(-c3csc(NC(=O)c4cccc(Br)c4)n3)ccc2N1. The second-order valence-corrected chi connectivity index (χ2v) is 7.70. The number of hydrogen-bond acceptors (Lipinski definition) is 4. The molecule has 1 aliphatic rings. The summed E-state index contributed by atoms with van der Waals surface area (Å²) in [7, 11) is 0. The molecule has 3 aromatic rings. The minimum absolute atomic E-state index is 0.0523. The van der Waals surface area contributed by atoms with E-state index in [-0.39, 0.29) is 11.8 Å². The lowest BCUT2D eigenvalue weighted by molar-refractivity contribution is -0.116. The van der Waals surface area contributed by atoms with Crippen LogP contribution in [0.2, 0.25) is 0 Å². The van der Waals surface area contributed by atoms with Crippen LogP contribution in [0.4, 0.5) is 10.8 Å². The van der Waals surface area contributed by atoms with Crippen molar-refractivity contribution in [3.05, 3.63) is 63.4 Å². The Morgan fingerprint density at radius 3 is 2.92 bits per heavy atom. The Morgan fingerprint density at radius 2 is 2.08 bits per heavy atom. The number of fused-ring (bicyclic) bond motifs is 1. The van der Waals surface area contributed by atoms with Gasteiger partial charge in [0.05, 0.1) is 5.69 Å². The minimum atomic E-state index is -0.194. The van der Waals surface area contributed by atoms with Crippen molar-refractivity contribution in [2.75, 3.05) is 10.6 Å². The summed E-state index contributed by atoms with van der Waals surface area (Å²) in [6, 6.07) is 13.1. The smallest absolute Gasteiger partial charge is 0.257 e. The van der Waals surface area contributed by atoms with Crippen molar-refractivity contribution in [3.63, 3.8) is 0 Å². The second kappa shape index (κ2) is 7.01. The molecule has 2 heterocycles. The molecule has 130 valence electrons. The van der Waals surface area contributed by atoms with Gasteiger partial charge in [-0.05, 0) is 42.3 Å². The van der Waals surface area contributed by atoms with E-state index in [0.717, 1.165) is 33.4 Å². The first-order chi connectivity index (χ1) is 12.6. The Hall–Kier alpha value is -2.51. The van der Waals surface area contributed by atoms with E-state index in [1.54, 1.807) is 12.1 Å². The topological polar surface area (TPSA) is 71.1 Å². The molecule has 26 heavy (non-hydrogen) atoms. The Bertz CT molecular complexity index is 1020. The zero-order valence-corrected chi connectivity index (χ0v) is 16.0. The van der Waals surface area contributed by atoms with Crippen LogP contribution >= 0.6 is 27.3 Å². The Labute approximate surface area is 162 Å². The molecule has 1 aromatic heterocycles. The highest BCUT2D eigenvalue weighted by Gasteiger charge is 2.16. The molecule has 2 amide bonds. The number of benzene rings is 2. The third-order valence-electron chi connectivity index (χ3n) is 4.11. The fourth-order valence-electron chi connectivity index (χ4n) is 2.81. The molecule has 0 unspecified atom stereocenters. The number of aryl methyl sites for hydroxylation is 1. The van der Waals surface area contributed by atoms with E-state index < -0.39 is 0 Å². The Balaban J connectivity index is 1.53. The molecule has 0 atom stereocenters. The number of hydrogen-bond donors (Lipinski definition) is 2. The summed E-state index contributed by atoms with van der Waals surface area (Å²) in [5.41, 5.74) is 4.32. The van der Waals surface area contributed by atoms with Gasteiger partial charge in [-0.1, -0.05) is 28.1 Å². The number of carbonyl (C=O) groups excluding carboxylic acids is 2. The van der Waals surface area contributed by atoms with Crippen LogP contribution in [0.15, 0.2) is 52.3 Å². The van der Waals surface area contributed by atoms with Gasteiger partial charge in [0.1, 0.15) is 0 Å². The number of aromatic nitrogens is 1. The summed E-state index contributed by atoms with van der Waals surface area (Å²) in [5.74, 6) is -0.142. The first-order valence-electron chi connectivity index (χ1n) is 8.04. The number of nitrogens with one attached hydrogen (secondary N) is 2. The number of halogens is 1.